The molecule has 4 heterocycles. The standard InChI is InChI=1S/C58H76Br2F2N6O2S4/c1-3-5-7-9-11-13-15-17-19-21-31-69-57-49(43-25-23-39(71-43)35-33-37(61)47(53(65)51(35)63)41-27-29-45(59)73-41)55(67)56(68)50(58(57)70-32-22-20-18-16-14-12-10-8-6-4-2)44-26-24-40(72-44)36-34-38(62)48(54(66)52(36)64)42-28-30-46(60)74-42/h23-30,33-34,51-55,68H,3-22,31-32,63-67H2,1-2H3. The van der Waals surface area contributed by atoms with Crippen molar-refractivity contribution >= 4 is 116 Å². The first kappa shape index (κ1) is 58.8. The maximum atomic E-state index is 16.1. The number of ether oxygens (including phenoxy) is 2. The normalized spacial score (nSPS) is 20.6. The van der Waals surface area contributed by atoms with E-state index in [9.17, 15) is 5.41 Å². The van der Waals surface area contributed by atoms with Crippen LogP contribution in [0.15, 0.2) is 91.4 Å². The van der Waals surface area contributed by atoms with Crippen LogP contribution in [0, 0.1) is 5.41 Å². The van der Waals surface area contributed by atoms with Gasteiger partial charge in [-0.2, -0.15) is 0 Å². The molecule has 5 unspecified atom stereocenters. The van der Waals surface area contributed by atoms with E-state index >= 15 is 8.78 Å². The van der Waals surface area contributed by atoms with Gasteiger partial charge in [-0.3, -0.25) is 0 Å². The molecule has 0 bridgehead atoms. The molecule has 3 aliphatic carbocycles. The number of hydrogen-bond acceptors (Lipinski definition) is 12. The number of hydrogen-bond donors (Lipinski definition) is 6. The summed E-state index contributed by atoms with van der Waals surface area (Å²) in [5, 5.41) is 9.90. The molecule has 4 aromatic heterocycles. The van der Waals surface area contributed by atoms with E-state index in [1.54, 1.807) is 0 Å². The average Bonchev–Trinajstić information content (AvgIpc) is 4.23. The fourth-order valence-electron chi connectivity index (χ4n) is 10.0. The van der Waals surface area contributed by atoms with Gasteiger partial charge in [0.1, 0.15) is 11.7 Å². The highest BCUT2D eigenvalue weighted by atomic mass is 79.9. The van der Waals surface area contributed by atoms with Gasteiger partial charge >= 0.3 is 0 Å². The van der Waals surface area contributed by atoms with Crippen molar-refractivity contribution < 1.29 is 18.3 Å². The highest BCUT2D eigenvalue weighted by Crippen LogP contribution is 2.47. The monoisotopic (exact) mass is 1210 g/mol. The molecule has 0 fully saturated rings. The van der Waals surface area contributed by atoms with E-state index in [0.717, 1.165) is 75.4 Å². The van der Waals surface area contributed by atoms with Crippen molar-refractivity contribution in [2.75, 3.05) is 13.2 Å². The summed E-state index contributed by atoms with van der Waals surface area (Å²) in [4.78, 5) is 4.45. The Morgan fingerprint density at radius 1 is 0.446 bits per heavy atom. The zero-order chi connectivity index (χ0) is 52.7. The Morgan fingerprint density at radius 2 is 0.797 bits per heavy atom. The molecule has 0 spiro atoms. The van der Waals surface area contributed by atoms with E-state index in [1.165, 1.54) is 147 Å². The summed E-state index contributed by atoms with van der Waals surface area (Å²) in [5.41, 5.74) is 37.7. The third-order valence-electron chi connectivity index (χ3n) is 14.3. The molecule has 4 aromatic rings. The van der Waals surface area contributed by atoms with Gasteiger partial charge in [-0.05, 0) is 117 Å². The van der Waals surface area contributed by atoms with Gasteiger partial charge < -0.3 is 43.6 Å². The second-order valence-electron chi connectivity index (χ2n) is 19.8. The first-order valence-corrected chi connectivity index (χ1v) is 31.8. The smallest absolute Gasteiger partial charge is 0.172 e. The Morgan fingerprint density at radius 3 is 1.22 bits per heavy atom. The van der Waals surface area contributed by atoms with Crippen LogP contribution in [-0.2, 0) is 9.47 Å². The molecule has 0 amide bonds. The van der Waals surface area contributed by atoms with E-state index in [1.807, 2.05) is 48.5 Å². The lowest BCUT2D eigenvalue weighted by Crippen LogP contribution is -2.44. The van der Waals surface area contributed by atoms with Crippen LogP contribution in [0.4, 0.5) is 8.78 Å². The molecule has 0 saturated carbocycles. The Kier molecular flexibility index (Phi) is 23.2. The van der Waals surface area contributed by atoms with Crippen molar-refractivity contribution in [1.29, 1.82) is 5.41 Å². The van der Waals surface area contributed by atoms with Crippen LogP contribution in [-0.4, -0.2) is 49.1 Å². The molecule has 402 valence electrons. The number of rotatable bonds is 30. The van der Waals surface area contributed by atoms with Gasteiger partial charge in [0.05, 0.1) is 62.3 Å². The predicted molar refractivity (Wildman–Crippen MR) is 322 cm³/mol. The van der Waals surface area contributed by atoms with Crippen LogP contribution >= 0.6 is 77.2 Å². The fourth-order valence-corrected chi connectivity index (χ4v) is 15.3. The molecular formula is C58H76Br2F2N6O2S4. The number of nitrogens with one attached hydrogen (secondary N) is 1. The van der Waals surface area contributed by atoms with E-state index in [-0.39, 0.29) is 5.71 Å². The van der Waals surface area contributed by atoms with Crippen LogP contribution in [0.2, 0.25) is 0 Å². The molecular weight excluding hydrogens is 1140 g/mol. The van der Waals surface area contributed by atoms with Gasteiger partial charge in [0.15, 0.2) is 11.5 Å². The highest BCUT2D eigenvalue weighted by molar-refractivity contribution is 9.11. The molecule has 0 aromatic carbocycles. The largest absolute Gasteiger partial charge is 0.489 e. The zero-order valence-corrected chi connectivity index (χ0v) is 49.5. The van der Waals surface area contributed by atoms with E-state index < -0.39 is 41.9 Å². The van der Waals surface area contributed by atoms with Gasteiger partial charge in [0.2, 0.25) is 0 Å². The lowest BCUT2D eigenvalue weighted by molar-refractivity contribution is 0.147. The SMILES string of the molecule is CCCCCCCCCCCCOC1=C(c2ccc(C3=CC(F)=C(c4ccc(Br)s4)C(N)C3N)s2)C(=N)C(N)C(c2ccc(C3=CC(F)=C(c4ccc(Br)s4)C(N)C3N)s2)=C1OCCCCCCCCCCCC. The Labute approximate surface area is 471 Å². The molecule has 11 N–H and O–H groups in total. The van der Waals surface area contributed by atoms with Gasteiger partial charge in [0.25, 0.3) is 0 Å². The summed E-state index contributed by atoms with van der Waals surface area (Å²) in [6.07, 6.45) is 26.7. The fraction of sp³-hybridized carbons (Fsp3) is 0.500. The van der Waals surface area contributed by atoms with Gasteiger partial charge in [-0.25, -0.2) is 8.78 Å². The van der Waals surface area contributed by atoms with Crippen molar-refractivity contribution in [1.82, 2.24) is 0 Å². The lowest BCUT2D eigenvalue weighted by atomic mass is 9.86. The Balaban J connectivity index is 1.23. The topological polar surface area (TPSA) is 172 Å². The summed E-state index contributed by atoms with van der Waals surface area (Å²) in [5.74, 6) is 0.131. The van der Waals surface area contributed by atoms with Crippen LogP contribution in [0.1, 0.15) is 172 Å². The quantitative estimate of drug-likeness (QED) is 0.0282. The number of halogens is 4. The maximum absolute atomic E-state index is 16.1. The first-order chi connectivity index (χ1) is 35.8. The third kappa shape index (κ3) is 14.8. The number of thiophene rings is 4. The molecule has 0 aliphatic heterocycles. The second-order valence-corrected chi connectivity index (χ2v) is 26.9. The van der Waals surface area contributed by atoms with Crippen molar-refractivity contribution in [3.05, 3.63) is 121 Å². The molecule has 8 nitrogen and oxygen atoms in total. The summed E-state index contributed by atoms with van der Waals surface area (Å²) in [7, 11) is 0. The van der Waals surface area contributed by atoms with Crippen molar-refractivity contribution in [2.24, 2.45) is 28.7 Å². The van der Waals surface area contributed by atoms with Gasteiger partial charge in [-0.15, -0.1) is 45.3 Å². The minimum absolute atomic E-state index is 0.166. The summed E-state index contributed by atoms with van der Waals surface area (Å²) >= 11 is 12.7. The maximum Gasteiger partial charge on any atom is 0.172 e. The van der Waals surface area contributed by atoms with E-state index in [2.05, 4.69) is 45.7 Å². The first-order valence-electron chi connectivity index (χ1n) is 26.9. The Hall–Kier alpha value is -2.87. The summed E-state index contributed by atoms with van der Waals surface area (Å²) in [6, 6.07) is 11.4. The van der Waals surface area contributed by atoms with E-state index in [0.29, 0.717) is 58.2 Å². The molecule has 16 heteroatoms. The number of unbranched alkanes of at least 4 members (excludes halogenated alkanes) is 18. The minimum atomic E-state index is -0.913. The van der Waals surface area contributed by atoms with Crippen molar-refractivity contribution in [3.8, 4) is 0 Å². The van der Waals surface area contributed by atoms with Crippen LogP contribution in [0.25, 0.3) is 33.4 Å². The minimum Gasteiger partial charge on any atom is -0.489 e. The van der Waals surface area contributed by atoms with E-state index in [4.69, 9.17) is 38.1 Å². The summed E-state index contributed by atoms with van der Waals surface area (Å²) in [6.45, 7) is 5.35. The van der Waals surface area contributed by atoms with Gasteiger partial charge in [-0.1, -0.05) is 129 Å². The second kappa shape index (κ2) is 29.2. The molecule has 3 aliphatic rings. The number of nitrogens with two attached hydrogens (primary N) is 5. The van der Waals surface area contributed by atoms with Crippen LogP contribution in [0.3, 0.4) is 0 Å². The molecule has 74 heavy (non-hydrogen) atoms. The number of allylic oxidation sites excluding steroid dienone is 4. The third-order valence-corrected chi connectivity index (χ3v) is 19.9. The highest BCUT2D eigenvalue weighted by Gasteiger charge is 2.39. The summed E-state index contributed by atoms with van der Waals surface area (Å²) < 4.78 is 47.9. The Bertz CT molecular complexity index is 2710. The molecule has 0 radical (unpaired) electrons. The lowest BCUT2D eigenvalue weighted by Gasteiger charge is -2.30. The van der Waals surface area contributed by atoms with Gasteiger partial charge in [0, 0.05) is 46.0 Å². The van der Waals surface area contributed by atoms with Crippen molar-refractivity contribution in [2.45, 2.75) is 172 Å². The van der Waals surface area contributed by atoms with Crippen LogP contribution in [0.5, 0.6) is 0 Å². The van der Waals surface area contributed by atoms with Crippen molar-refractivity contribution in [3.63, 3.8) is 0 Å². The molecule has 7 rings (SSSR count). The predicted octanol–water partition coefficient (Wildman–Crippen LogP) is 16.7. The van der Waals surface area contributed by atoms with Crippen LogP contribution < -0.4 is 28.7 Å². The average molecular weight is 1220 g/mol. The molecule has 0 saturated heterocycles. The zero-order valence-electron chi connectivity index (χ0n) is 43.1. The molecule has 5 atom stereocenters.